The zero-order valence-electron chi connectivity index (χ0n) is 12.9. The molecule has 0 saturated heterocycles. The van der Waals surface area contributed by atoms with Crippen LogP contribution in [-0.2, 0) is 0 Å². The van der Waals surface area contributed by atoms with Gasteiger partial charge < -0.3 is 12.4 Å². The Hall–Kier alpha value is -2.25. The first-order valence-electron chi connectivity index (χ1n) is 6.86. The monoisotopic (exact) mass is 415 g/mol. The summed E-state index contributed by atoms with van der Waals surface area (Å²) in [5.41, 5.74) is 3.89. The van der Waals surface area contributed by atoms with E-state index in [4.69, 9.17) is 0 Å². The molecular weight excluding hydrogens is 403 g/mol. The molecule has 0 radical (unpaired) electrons. The molecule has 3 rings (SSSR count). The first-order chi connectivity index (χ1) is 11.4. The zero-order valence-corrected chi connectivity index (χ0v) is 14.5. The van der Waals surface area contributed by atoms with Crippen LogP contribution in [0, 0.1) is 0 Å². The third-order valence-corrected chi connectivity index (χ3v) is 2.72. The van der Waals surface area contributed by atoms with Gasteiger partial charge in [-0.3, -0.25) is 0 Å². The van der Waals surface area contributed by atoms with Crippen LogP contribution in [0.4, 0.5) is 25.2 Å². The van der Waals surface area contributed by atoms with Crippen LogP contribution < -0.4 is 22.4 Å². The topological polar surface area (TPSA) is 41.2 Å². The van der Waals surface area contributed by atoms with Crippen molar-refractivity contribution in [1.82, 2.24) is 4.98 Å². The van der Waals surface area contributed by atoms with Gasteiger partial charge in [0.2, 0.25) is 11.4 Å². The van der Waals surface area contributed by atoms with E-state index in [-0.39, 0.29) is 12.4 Å². The Morgan fingerprint density at radius 3 is 1.31 bits per heavy atom. The fraction of sp³-hybridized carbons (Fsp3) is 0. The van der Waals surface area contributed by atoms with Crippen molar-refractivity contribution in [3.63, 3.8) is 0 Å². The summed E-state index contributed by atoms with van der Waals surface area (Å²) in [6, 6.07) is 17.9. The minimum Gasteiger partial charge on any atom is -1.00 e. The van der Waals surface area contributed by atoms with Crippen molar-refractivity contribution in [2.75, 3.05) is 0 Å². The van der Waals surface area contributed by atoms with Crippen molar-refractivity contribution < 1.29 is 47.6 Å². The van der Waals surface area contributed by atoms with E-state index in [1.165, 1.54) is 0 Å². The van der Waals surface area contributed by atoms with Crippen molar-refractivity contribution in [3.8, 4) is 22.8 Å². The third-order valence-electron chi connectivity index (χ3n) is 2.72. The van der Waals surface area contributed by atoms with E-state index in [2.05, 4.69) is 15.0 Å². The van der Waals surface area contributed by atoms with Gasteiger partial charge in [0.25, 0.3) is 0 Å². The van der Waals surface area contributed by atoms with E-state index < -0.39 is 7.81 Å². The number of nitrogens with zero attached hydrogens (tertiary/aromatic N) is 1. The first kappa shape index (κ1) is 21.8. The van der Waals surface area contributed by atoms with E-state index in [0.717, 1.165) is 22.8 Å². The van der Waals surface area contributed by atoms with Gasteiger partial charge in [0, 0.05) is 24.3 Å². The number of hydrogen-bond acceptors (Lipinski definition) is 1. The van der Waals surface area contributed by atoms with Crippen molar-refractivity contribution in [2.24, 2.45) is 0 Å². The Kier molecular flexibility index (Phi) is 6.01. The maximum Gasteiger partial charge on any atom is 0.229 e. The molecule has 3 heterocycles. The molecular formula is C15H13ClF6N3P. The minimum atomic E-state index is -10.7. The second-order valence-corrected chi connectivity index (χ2v) is 6.84. The number of pyridine rings is 3. The molecule has 2 N–H and O–H groups in total. The van der Waals surface area contributed by atoms with Crippen LogP contribution in [0.25, 0.3) is 22.8 Å². The smallest absolute Gasteiger partial charge is 0.229 e. The van der Waals surface area contributed by atoms with Gasteiger partial charge in [-0.2, -0.15) is 0 Å². The second kappa shape index (κ2) is 7.17. The number of nitrogens with one attached hydrogen (secondary N) is 2. The molecule has 3 nitrogen and oxygen atoms in total. The van der Waals surface area contributed by atoms with Crippen molar-refractivity contribution in [2.45, 2.75) is 0 Å². The number of aromatic amines is 2. The summed E-state index contributed by atoms with van der Waals surface area (Å²) in [6.07, 6.45) is 3.80. The number of aromatic nitrogens is 3. The molecule has 142 valence electrons. The van der Waals surface area contributed by atoms with Gasteiger partial charge in [-0.15, -0.1) is 0 Å². The zero-order chi connectivity index (χ0) is 18.6. The van der Waals surface area contributed by atoms with Crippen molar-refractivity contribution in [1.29, 1.82) is 0 Å². The SMILES string of the molecule is F[P-](F)(F)(F)(F)F.[Cl-].c1ccc(-c2cccc(-c3cccc[nH+]3)n2)[nH+]c1. The molecule has 0 aliphatic heterocycles. The number of H-pyrrole nitrogens is 2. The molecule has 0 aromatic carbocycles. The van der Waals surface area contributed by atoms with Crippen LogP contribution in [0.3, 0.4) is 0 Å². The fourth-order valence-electron chi connectivity index (χ4n) is 1.84. The van der Waals surface area contributed by atoms with Crippen molar-refractivity contribution >= 4 is 7.81 Å². The van der Waals surface area contributed by atoms with Gasteiger partial charge in [0.1, 0.15) is 11.4 Å². The Morgan fingerprint density at radius 1 is 0.615 bits per heavy atom. The molecule has 0 atom stereocenters. The first-order valence-corrected chi connectivity index (χ1v) is 8.89. The van der Waals surface area contributed by atoms with Crippen LogP contribution in [0.2, 0.25) is 0 Å². The molecule has 0 fully saturated rings. The van der Waals surface area contributed by atoms with Gasteiger partial charge in [0.15, 0.2) is 12.4 Å². The summed E-state index contributed by atoms with van der Waals surface area (Å²) < 4.78 is 59.2. The summed E-state index contributed by atoms with van der Waals surface area (Å²) in [6.45, 7) is 0. The average Bonchev–Trinajstić information content (AvgIpc) is 2.54. The van der Waals surface area contributed by atoms with Crippen LogP contribution in [0.1, 0.15) is 0 Å². The third kappa shape index (κ3) is 9.29. The minimum absolute atomic E-state index is 0. The summed E-state index contributed by atoms with van der Waals surface area (Å²) in [5, 5.41) is 0. The Morgan fingerprint density at radius 2 is 1.00 bits per heavy atom. The molecule has 0 bridgehead atoms. The van der Waals surface area contributed by atoms with Crippen molar-refractivity contribution in [3.05, 3.63) is 67.0 Å². The average molecular weight is 416 g/mol. The van der Waals surface area contributed by atoms with Gasteiger partial charge in [0.05, 0.1) is 0 Å². The largest absolute Gasteiger partial charge is 1.00 e. The molecule has 0 spiro atoms. The molecule has 3 aromatic rings. The van der Waals surface area contributed by atoms with E-state index >= 15 is 0 Å². The molecule has 0 aliphatic carbocycles. The number of hydrogen-bond donors (Lipinski definition) is 0. The van der Waals surface area contributed by atoms with E-state index in [0.29, 0.717) is 0 Å². The fourth-order valence-corrected chi connectivity index (χ4v) is 1.84. The standard InChI is InChI=1S/C15H11N3.ClH.F6P/c1-3-10-16-12(6-1)14-8-5-9-15(18-14)13-7-2-4-11-17-13;;1-7(2,3,4,5)6/h1-11H;1H;/q;;-1/p+1. The molecule has 0 saturated carbocycles. The van der Waals surface area contributed by atoms with Crippen LogP contribution in [-0.4, -0.2) is 4.98 Å². The number of halogens is 7. The summed E-state index contributed by atoms with van der Waals surface area (Å²) in [5.74, 6) is 0. The molecule has 0 aliphatic rings. The Labute approximate surface area is 150 Å². The summed E-state index contributed by atoms with van der Waals surface area (Å²) in [7, 11) is -10.7. The van der Waals surface area contributed by atoms with Crippen LogP contribution >= 0.6 is 7.81 Å². The summed E-state index contributed by atoms with van der Waals surface area (Å²) >= 11 is 0. The second-order valence-electron chi connectivity index (χ2n) is 4.92. The predicted molar refractivity (Wildman–Crippen MR) is 81.8 cm³/mol. The Balaban J connectivity index is 0.000000366. The van der Waals surface area contributed by atoms with Gasteiger partial charge >= 0.3 is 33.0 Å². The van der Waals surface area contributed by atoms with Gasteiger partial charge in [-0.05, 0) is 24.3 Å². The maximum absolute atomic E-state index is 10.7. The van der Waals surface area contributed by atoms with E-state index in [1.807, 2.05) is 67.0 Å². The van der Waals surface area contributed by atoms with Gasteiger partial charge in [-0.1, -0.05) is 6.07 Å². The molecule has 3 aromatic heterocycles. The van der Waals surface area contributed by atoms with Crippen LogP contribution in [0.15, 0.2) is 67.0 Å². The maximum atomic E-state index is 9.87. The summed E-state index contributed by atoms with van der Waals surface area (Å²) in [4.78, 5) is 11.0. The predicted octanol–water partition coefficient (Wildman–Crippen LogP) is 2.43. The van der Waals surface area contributed by atoms with E-state index in [9.17, 15) is 25.2 Å². The van der Waals surface area contributed by atoms with Crippen LogP contribution in [0.5, 0.6) is 0 Å². The molecule has 0 amide bonds. The molecule has 11 heteroatoms. The normalized spacial score (nSPS) is 13.3. The Bertz CT molecular complexity index is 779. The molecule has 26 heavy (non-hydrogen) atoms. The quantitative estimate of drug-likeness (QED) is 0.468. The van der Waals surface area contributed by atoms with E-state index in [1.54, 1.807) is 0 Å². The number of rotatable bonds is 2. The molecule has 0 unspecified atom stereocenters. The van der Waals surface area contributed by atoms with Gasteiger partial charge in [-0.25, -0.2) is 15.0 Å².